The summed E-state index contributed by atoms with van der Waals surface area (Å²) in [6.45, 7) is 4.25. The number of carbonyl (C=O) groups is 2. The van der Waals surface area contributed by atoms with Crippen molar-refractivity contribution in [1.29, 1.82) is 0 Å². The van der Waals surface area contributed by atoms with E-state index in [9.17, 15) is 9.59 Å². The van der Waals surface area contributed by atoms with Gasteiger partial charge in [0, 0.05) is 39.3 Å². The van der Waals surface area contributed by atoms with Gasteiger partial charge in [0.25, 0.3) is 0 Å². The quantitative estimate of drug-likeness (QED) is 0.137. The van der Waals surface area contributed by atoms with E-state index in [4.69, 9.17) is 11.5 Å². The van der Waals surface area contributed by atoms with E-state index in [0.717, 1.165) is 19.6 Å². The maximum atomic E-state index is 10.7. The summed E-state index contributed by atoms with van der Waals surface area (Å²) in [5.41, 5.74) is 14.7. The van der Waals surface area contributed by atoms with Crippen LogP contribution in [0.1, 0.15) is 0 Å². The molecule has 0 aromatic carbocycles. The van der Waals surface area contributed by atoms with Crippen LogP contribution < -0.4 is 33.0 Å². The van der Waals surface area contributed by atoms with Gasteiger partial charge < -0.3 is 22.1 Å². The van der Waals surface area contributed by atoms with E-state index in [2.05, 4.69) is 21.5 Å². The molecule has 0 aliphatic rings. The standard InChI is InChI=1S/C8H20N6O2/c9-1-2-11-3-4-12-5-6-13-14-8(16)7(10)15/h11-13H,1-6,9H2,(H2,10,15)(H,14,16). The molecule has 0 saturated carbocycles. The fourth-order valence-electron chi connectivity index (χ4n) is 0.884. The van der Waals surface area contributed by atoms with Crippen LogP contribution in [0.15, 0.2) is 0 Å². The number of nitrogens with one attached hydrogen (secondary N) is 4. The Bertz CT molecular complexity index is 211. The predicted octanol–water partition coefficient (Wildman–Crippen LogP) is -3.77. The molecule has 8 heteroatoms. The number of amides is 2. The third kappa shape index (κ3) is 9.34. The third-order valence-electron chi connectivity index (χ3n) is 1.65. The van der Waals surface area contributed by atoms with Crippen LogP contribution in [-0.4, -0.2) is 51.1 Å². The summed E-state index contributed by atoms with van der Waals surface area (Å²) >= 11 is 0. The summed E-state index contributed by atoms with van der Waals surface area (Å²) in [5, 5.41) is 6.23. The van der Waals surface area contributed by atoms with Crippen LogP contribution in [-0.2, 0) is 9.59 Å². The Kier molecular flexibility index (Phi) is 9.52. The van der Waals surface area contributed by atoms with E-state index < -0.39 is 11.8 Å². The molecule has 8 nitrogen and oxygen atoms in total. The molecule has 0 unspecified atom stereocenters. The highest BCUT2D eigenvalue weighted by Gasteiger charge is 2.05. The zero-order chi connectivity index (χ0) is 12.2. The minimum Gasteiger partial charge on any atom is -0.361 e. The van der Waals surface area contributed by atoms with Crippen LogP contribution in [0.2, 0.25) is 0 Å². The van der Waals surface area contributed by atoms with Crippen LogP contribution in [0.4, 0.5) is 0 Å². The summed E-state index contributed by atoms with van der Waals surface area (Å²) in [7, 11) is 0. The van der Waals surface area contributed by atoms with E-state index in [1.165, 1.54) is 0 Å². The summed E-state index contributed by atoms with van der Waals surface area (Å²) < 4.78 is 0. The van der Waals surface area contributed by atoms with Crippen molar-refractivity contribution in [2.45, 2.75) is 0 Å². The lowest BCUT2D eigenvalue weighted by Crippen LogP contribution is -2.46. The van der Waals surface area contributed by atoms with E-state index >= 15 is 0 Å². The average molecular weight is 232 g/mol. The number of hydrogen-bond donors (Lipinski definition) is 6. The molecule has 2 amide bonds. The maximum absolute atomic E-state index is 10.7. The Morgan fingerprint density at radius 3 is 2.06 bits per heavy atom. The lowest BCUT2D eigenvalue weighted by atomic mass is 10.5. The molecule has 0 radical (unpaired) electrons. The molecule has 94 valence electrons. The zero-order valence-electron chi connectivity index (χ0n) is 9.21. The maximum Gasteiger partial charge on any atom is 0.323 e. The van der Waals surface area contributed by atoms with E-state index in [0.29, 0.717) is 19.6 Å². The van der Waals surface area contributed by atoms with Crippen LogP contribution in [0.5, 0.6) is 0 Å². The van der Waals surface area contributed by atoms with Gasteiger partial charge in [-0.05, 0) is 0 Å². The molecule has 16 heavy (non-hydrogen) atoms. The van der Waals surface area contributed by atoms with Crippen molar-refractivity contribution in [3.05, 3.63) is 0 Å². The molecule has 0 fully saturated rings. The molecule has 0 aromatic rings. The molecule has 0 saturated heterocycles. The van der Waals surface area contributed by atoms with E-state index in [-0.39, 0.29) is 0 Å². The summed E-state index contributed by atoms with van der Waals surface area (Å²) in [4.78, 5) is 21.0. The molecular formula is C8H20N6O2. The fraction of sp³-hybridized carbons (Fsp3) is 0.750. The summed E-state index contributed by atoms with van der Waals surface area (Å²) in [6.07, 6.45) is 0. The molecule has 0 atom stereocenters. The van der Waals surface area contributed by atoms with Crippen molar-refractivity contribution in [3.63, 3.8) is 0 Å². The van der Waals surface area contributed by atoms with Gasteiger partial charge >= 0.3 is 11.8 Å². The Morgan fingerprint density at radius 2 is 1.50 bits per heavy atom. The van der Waals surface area contributed by atoms with Crippen LogP contribution in [0.3, 0.4) is 0 Å². The largest absolute Gasteiger partial charge is 0.361 e. The number of primary amides is 1. The van der Waals surface area contributed by atoms with Crippen molar-refractivity contribution < 1.29 is 9.59 Å². The minimum atomic E-state index is -1.01. The van der Waals surface area contributed by atoms with Gasteiger partial charge in [0.2, 0.25) is 0 Å². The molecule has 0 aliphatic heterocycles. The minimum absolute atomic E-state index is 0.510. The second kappa shape index (κ2) is 10.3. The smallest absolute Gasteiger partial charge is 0.323 e. The Hall–Kier alpha value is -1.22. The van der Waals surface area contributed by atoms with Gasteiger partial charge in [-0.2, -0.15) is 0 Å². The molecule has 0 aliphatic carbocycles. The number of hydrazine groups is 1. The highest BCUT2D eigenvalue weighted by atomic mass is 16.2. The van der Waals surface area contributed by atoms with Crippen molar-refractivity contribution >= 4 is 11.8 Å². The van der Waals surface area contributed by atoms with Crippen LogP contribution in [0, 0.1) is 0 Å². The average Bonchev–Trinajstić information content (AvgIpc) is 2.26. The Labute approximate surface area is 94.5 Å². The third-order valence-corrected chi connectivity index (χ3v) is 1.65. The topological polar surface area (TPSA) is 134 Å². The van der Waals surface area contributed by atoms with E-state index in [1.54, 1.807) is 0 Å². The lowest BCUT2D eigenvalue weighted by Gasteiger charge is -2.07. The first-order valence-electron chi connectivity index (χ1n) is 5.12. The van der Waals surface area contributed by atoms with Crippen LogP contribution >= 0.6 is 0 Å². The van der Waals surface area contributed by atoms with Gasteiger partial charge in [0.15, 0.2) is 0 Å². The highest BCUT2D eigenvalue weighted by molar-refractivity contribution is 6.34. The normalized spacial score (nSPS) is 10.1. The van der Waals surface area contributed by atoms with Crippen molar-refractivity contribution in [3.8, 4) is 0 Å². The molecule has 0 aromatic heterocycles. The SMILES string of the molecule is NCCNCCNCCNNC(=O)C(N)=O. The number of nitrogens with two attached hydrogens (primary N) is 2. The van der Waals surface area contributed by atoms with Gasteiger partial charge in [0.1, 0.15) is 0 Å². The monoisotopic (exact) mass is 232 g/mol. The number of carbonyl (C=O) groups excluding carboxylic acids is 2. The first kappa shape index (κ1) is 14.8. The van der Waals surface area contributed by atoms with Gasteiger partial charge in [-0.15, -0.1) is 0 Å². The van der Waals surface area contributed by atoms with Gasteiger partial charge in [-0.3, -0.25) is 15.0 Å². The first-order chi connectivity index (χ1) is 7.68. The molecule has 0 heterocycles. The van der Waals surface area contributed by atoms with E-state index in [1.807, 2.05) is 0 Å². The molecule has 0 rings (SSSR count). The predicted molar refractivity (Wildman–Crippen MR) is 60.1 cm³/mol. The summed E-state index contributed by atoms with van der Waals surface area (Å²) in [6, 6.07) is 0. The Morgan fingerprint density at radius 1 is 0.938 bits per heavy atom. The number of rotatable bonds is 9. The second-order valence-corrected chi connectivity index (χ2v) is 3.03. The molecular weight excluding hydrogens is 212 g/mol. The van der Waals surface area contributed by atoms with Gasteiger partial charge in [0.05, 0.1) is 0 Å². The fourth-order valence-corrected chi connectivity index (χ4v) is 0.884. The van der Waals surface area contributed by atoms with Crippen molar-refractivity contribution in [1.82, 2.24) is 21.5 Å². The lowest BCUT2D eigenvalue weighted by molar-refractivity contribution is -0.137. The molecule has 0 bridgehead atoms. The Balaban J connectivity index is 3.10. The summed E-state index contributed by atoms with van der Waals surface area (Å²) in [5.74, 6) is -1.85. The van der Waals surface area contributed by atoms with Crippen LogP contribution in [0.25, 0.3) is 0 Å². The van der Waals surface area contributed by atoms with Crippen molar-refractivity contribution in [2.24, 2.45) is 11.5 Å². The molecule has 0 spiro atoms. The first-order valence-corrected chi connectivity index (χ1v) is 5.12. The van der Waals surface area contributed by atoms with Gasteiger partial charge in [-0.25, -0.2) is 5.43 Å². The number of hydrogen-bond acceptors (Lipinski definition) is 6. The van der Waals surface area contributed by atoms with Crippen molar-refractivity contribution in [2.75, 3.05) is 39.3 Å². The molecule has 8 N–H and O–H groups in total. The second-order valence-electron chi connectivity index (χ2n) is 3.03. The zero-order valence-corrected chi connectivity index (χ0v) is 9.21. The van der Waals surface area contributed by atoms with Gasteiger partial charge in [-0.1, -0.05) is 0 Å². The highest BCUT2D eigenvalue weighted by Crippen LogP contribution is 1.61.